The number of fused-ring (bicyclic) bond motifs is 2. The quantitative estimate of drug-likeness (QED) is 0.730. The summed E-state index contributed by atoms with van der Waals surface area (Å²) in [6.45, 7) is 2.03. The maximum atomic E-state index is 13.1. The van der Waals surface area contributed by atoms with Crippen LogP contribution in [0.25, 0.3) is 0 Å². The lowest BCUT2D eigenvalue weighted by Gasteiger charge is -2.28. The highest BCUT2D eigenvalue weighted by atomic mass is 16.5. The largest absolute Gasteiger partial charge is 0.469 e. The predicted molar refractivity (Wildman–Crippen MR) is 99.4 cm³/mol. The Morgan fingerprint density at radius 3 is 2.27 bits per heavy atom. The Kier molecular flexibility index (Phi) is 4.48. The summed E-state index contributed by atoms with van der Waals surface area (Å²) in [6, 6.07) is 19.4. The van der Waals surface area contributed by atoms with Crippen LogP contribution < -0.4 is 10.1 Å². The first-order valence-electron chi connectivity index (χ1n) is 8.91. The average Bonchev–Trinajstić information content (AvgIpc) is 3.18. The molecule has 0 fully saturated rings. The van der Waals surface area contributed by atoms with Crippen LogP contribution in [-0.2, 0) is 11.2 Å². The first kappa shape index (κ1) is 16.5. The molecule has 26 heavy (non-hydrogen) atoms. The Bertz CT molecular complexity index is 856. The van der Waals surface area contributed by atoms with Crippen LogP contribution >= 0.6 is 0 Å². The molecular weight excluding hydrogens is 326 g/mol. The van der Waals surface area contributed by atoms with Crippen molar-refractivity contribution in [3.8, 4) is 11.5 Å². The minimum absolute atomic E-state index is 0.000134. The van der Waals surface area contributed by atoms with Gasteiger partial charge < -0.3 is 14.5 Å². The predicted octanol–water partition coefficient (Wildman–Crippen LogP) is 4.65. The fourth-order valence-corrected chi connectivity index (χ4v) is 3.40. The van der Waals surface area contributed by atoms with Crippen LogP contribution in [0, 0.1) is 0 Å². The molecule has 1 aliphatic heterocycles. The van der Waals surface area contributed by atoms with Crippen LogP contribution in [-0.4, -0.2) is 11.9 Å². The van der Waals surface area contributed by atoms with Crippen molar-refractivity contribution < 1.29 is 13.9 Å². The minimum atomic E-state index is -0.359. The van der Waals surface area contributed by atoms with E-state index in [0.29, 0.717) is 0 Å². The highest BCUT2D eigenvalue weighted by molar-refractivity contribution is 5.89. The van der Waals surface area contributed by atoms with E-state index >= 15 is 0 Å². The fourth-order valence-electron chi connectivity index (χ4n) is 3.40. The van der Waals surface area contributed by atoms with Gasteiger partial charge in [0.25, 0.3) is 0 Å². The number of hydrogen-bond donors (Lipinski definition) is 1. The Hall–Kier alpha value is -3.01. The molecule has 1 unspecified atom stereocenters. The van der Waals surface area contributed by atoms with E-state index in [1.807, 2.05) is 67.6 Å². The van der Waals surface area contributed by atoms with Gasteiger partial charge in [-0.3, -0.25) is 4.79 Å². The normalized spacial score (nSPS) is 14.0. The Morgan fingerprint density at radius 2 is 1.65 bits per heavy atom. The molecule has 1 aromatic heterocycles. The molecule has 3 aromatic rings. The van der Waals surface area contributed by atoms with Gasteiger partial charge in [0, 0.05) is 23.6 Å². The molecule has 1 atom stereocenters. The maximum absolute atomic E-state index is 13.1. The molecule has 0 saturated heterocycles. The van der Waals surface area contributed by atoms with Crippen molar-refractivity contribution in [3.05, 3.63) is 83.8 Å². The molecule has 1 amide bonds. The second-order valence-electron chi connectivity index (χ2n) is 6.64. The smallest absolute Gasteiger partial charge is 0.232 e. The van der Waals surface area contributed by atoms with Crippen LogP contribution in [0.3, 0.4) is 0 Å². The van der Waals surface area contributed by atoms with Gasteiger partial charge in [-0.1, -0.05) is 36.4 Å². The lowest BCUT2D eigenvalue weighted by Crippen LogP contribution is -2.37. The van der Waals surface area contributed by atoms with E-state index in [2.05, 4.69) is 5.32 Å². The number of carbonyl (C=O) groups excluding carboxylic acids is 1. The molecule has 4 heteroatoms. The zero-order chi connectivity index (χ0) is 17.9. The summed E-state index contributed by atoms with van der Waals surface area (Å²) in [7, 11) is 0. The number of hydrogen-bond acceptors (Lipinski definition) is 3. The highest BCUT2D eigenvalue weighted by Gasteiger charge is 2.32. The molecule has 1 N–H and O–H groups in total. The molecule has 2 heterocycles. The first-order chi connectivity index (χ1) is 12.7. The van der Waals surface area contributed by atoms with Gasteiger partial charge in [-0.25, -0.2) is 0 Å². The van der Waals surface area contributed by atoms with Gasteiger partial charge >= 0.3 is 0 Å². The van der Waals surface area contributed by atoms with Crippen molar-refractivity contribution >= 4 is 5.91 Å². The third kappa shape index (κ3) is 3.23. The molecule has 0 radical (unpaired) electrons. The molecule has 0 saturated carbocycles. The summed E-state index contributed by atoms with van der Waals surface area (Å²) in [5.41, 5.74) is 1.81. The number of amides is 1. The summed E-state index contributed by atoms with van der Waals surface area (Å²) >= 11 is 0. The monoisotopic (exact) mass is 347 g/mol. The Labute approximate surface area is 152 Å². The molecule has 1 aliphatic rings. The summed E-state index contributed by atoms with van der Waals surface area (Å²) in [6.07, 6.45) is 3.30. The number of nitrogens with one attached hydrogen (secondary N) is 1. The van der Waals surface area contributed by atoms with E-state index in [-0.39, 0.29) is 17.9 Å². The first-order valence-corrected chi connectivity index (χ1v) is 8.91. The average molecular weight is 347 g/mol. The summed E-state index contributed by atoms with van der Waals surface area (Å²) in [5, 5.41) is 3.16. The zero-order valence-electron chi connectivity index (χ0n) is 14.6. The standard InChI is InChI=1S/C22H21NO3/c1-15(12-13-16-7-6-14-25-16)23-22(24)21-17-8-2-4-10-19(17)26-20-11-5-3-9-18(20)21/h2-11,14-15,21H,12-13H2,1H3,(H,23,24). The molecule has 4 rings (SSSR count). The summed E-state index contributed by atoms with van der Waals surface area (Å²) in [4.78, 5) is 13.1. The molecule has 0 bridgehead atoms. The maximum Gasteiger partial charge on any atom is 0.232 e. The van der Waals surface area contributed by atoms with Crippen LogP contribution in [0.5, 0.6) is 11.5 Å². The van der Waals surface area contributed by atoms with Crippen LogP contribution in [0.15, 0.2) is 71.3 Å². The molecule has 2 aromatic carbocycles. The summed E-state index contributed by atoms with van der Waals surface area (Å²) < 4.78 is 11.3. The van der Waals surface area contributed by atoms with Gasteiger partial charge in [-0.05, 0) is 37.6 Å². The number of furan rings is 1. The van der Waals surface area contributed by atoms with Gasteiger partial charge in [0.1, 0.15) is 17.3 Å². The van der Waals surface area contributed by atoms with Gasteiger partial charge in [-0.15, -0.1) is 0 Å². The Morgan fingerprint density at radius 1 is 1.00 bits per heavy atom. The van der Waals surface area contributed by atoms with Gasteiger partial charge in [0.2, 0.25) is 5.91 Å². The lowest BCUT2D eigenvalue weighted by atomic mass is 9.87. The van der Waals surface area contributed by atoms with Crippen molar-refractivity contribution in [2.45, 2.75) is 31.7 Å². The summed E-state index contributed by atoms with van der Waals surface area (Å²) in [5.74, 6) is 2.07. The third-order valence-electron chi connectivity index (χ3n) is 4.73. The topological polar surface area (TPSA) is 51.5 Å². The Balaban J connectivity index is 1.53. The number of para-hydroxylation sites is 2. The lowest BCUT2D eigenvalue weighted by molar-refractivity contribution is -0.122. The molecule has 132 valence electrons. The van der Waals surface area contributed by atoms with Crippen LogP contribution in [0.2, 0.25) is 0 Å². The van der Waals surface area contributed by atoms with E-state index in [1.54, 1.807) is 6.26 Å². The van der Waals surface area contributed by atoms with Gasteiger partial charge in [0.15, 0.2) is 0 Å². The zero-order valence-corrected chi connectivity index (χ0v) is 14.6. The van der Waals surface area contributed by atoms with E-state index < -0.39 is 0 Å². The molecule has 0 aliphatic carbocycles. The molecule has 4 nitrogen and oxygen atoms in total. The van der Waals surface area contributed by atoms with Gasteiger partial charge in [0.05, 0.1) is 12.2 Å². The molecular formula is C22H21NO3. The third-order valence-corrected chi connectivity index (χ3v) is 4.73. The van der Waals surface area contributed by atoms with Crippen molar-refractivity contribution in [1.82, 2.24) is 5.32 Å². The van der Waals surface area contributed by atoms with Crippen molar-refractivity contribution in [2.75, 3.05) is 0 Å². The van der Waals surface area contributed by atoms with Crippen molar-refractivity contribution in [2.24, 2.45) is 0 Å². The number of benzene rings is 2. The van der Waals surface area contributed by atoms with E-state index in [9.17, 15) is 4.79 Å². The van der Waals surface area contributed by atoms with Crippen molar-refractivity contribution in [1.29, 1.82) is 0 Å². The number of carbonyl (C=O) groups is 1. The van der Waals surface area contributed by atoms with Gasteiger partial charge in [-0.2, -0.15) is 0 Å². The highest BCUT2D eigenvalue weighted by Crippen LogP contribution is 2.43. The van der Waals surface area contributed by atoms with Crippen LogP contribution in [0.4, 0.5) is 0 Å². The number of rotatable bonds is 5. The second kappa shape index (κ2) is 7.08. The van der Waals surface area contributed by atoms with Crippen LogP contribution in [0.1, 0.15) is 36.1 Å². The van der Waals surface area contributed by atoms with Crippen molar-refractivity contribution in [3.63, 3.8) is 0 Å². The molecule has 0 spiro atoms. The fraction of sp³-hybridized carbons (Fsp3) is 0.227. The minimum Gasteiger partial charge on any atom is -0.469 e. The second-order valence-corrected chi connectivity index (χ2v) is 6.64. The van der Waals surface area contributed by atoms with E-state index in [0.717, 1.165) is 41.2 Å². The number of ether oxygens (including phenoxy) is 1. The number of aryl methyl sites for hydroxylation is 1. The van der Waals surface area contributed by atoms with E-state index in [1.165, 1.54) is 0 Å². The van der Waals surface area contributed by atoms with E-state index in [4.69, 9.17) is 9.15 Å². The SMILES string of the molecule is CC(CCc1ccco1)NC(=O)C1c2ccccc2Oc2ccccc21.